The molecule has 3 heterocycles. The van der Waals surface area contributed by atoms with Gasteiger partial charge in [0.25, 0.3) is 0 Å². The van der Waals surface area contributed by atoms with Crippen molar-refractivity contribution in [2.45, 2.75) is 52.7 Å². The monoisotopic (exact) mass is 440 g/mol. The number of carbonyl (C=O) groups excluding carboxylic acids is 2. The normalized spacial score (nSPS) is 11.9. The van der Waals surface area contributed by atoms with Crippen LogP contribution in [0.1, 0.15) is 62.3 Å². The molecule has 0 spiro atoms. The minimum Gasteiger partial charge on any atom is -0.456 e. The lowest BCUT2D eigenvalue weighted by atomic mass is 10.2. The highest BCUT2D eigenvalue weighted by Gasteiger charge is 2.25. The highest BCUT2D eigenvalue weighted by atomic mass is 16.6. The highest BCUT2D eigenvalue weighted by molar-refractivity contribution is 5.96. The summed E-state index contributed by atoms with van der Waals surface area (Å²) in [5.74, 6) is -1.70. The van der Waals surface area contributed by atoms with Gasteiger partial charge in [-0.05, 0) is 65.8 Å². The Morgan fingerprint density at radius 3 is 2.03 bits per heavy atom. The molecule has 0 fully saturated rings. The number of esters is 2. The summed E-state index contributed by atoms with van der Waals surface area (Å²) in [6, 6.07) is 5.75. The van der Waals surface area contributed by atoms with Gasteiger partial charge in [0.05, 0.1) is 0 Å². The summed E-state index contributed by atoms with van der Waals surface area (Å²) in [4.78, 5) is 59.3. The third-order valence-corrected chi connectivity index (χ3v) is 3.99. The molecule has 0 aliphatic heterocycles. The van der Waals surface area contributed by atoms with Crippen LogP contribution in [0.25, 0.3) is 11.5 Å². The van der Waals surface area contributed by atoms with E-state index in [1.165, 1.54) is 36.7 Å². The van der Waals surface area contributed by atoms with Crippen molar-refractivity contribution in [2.24, 2.45) is 0 Å². The average molecular weight is 440 g/mol. The van der Waals surface area contributed by atoms with Gasteiger partial charge in [0.1, 0.15) is 22.3 Å². The van der Waals surface area contributed by atoms with Crippen molar-refractivity contribution >= 4 is 17.6 Å². The first-order chi connectivity index (χ1) is 14.8. The zero-order chi connectivity index (χ0) is 23.8. The number of rotatable bonds is 3. The van der Waals surface area contributed by atoms with Gasteiger partial charge in [-0.3, -0.25) is 4.40 Å². The van der Waals surface area contributed by atoms with E-state index < -0.39 is 34.5 Å². The molecule has 10 nitrogen and oxygen atoms in total. The molecule has 0 unspecified atom stereocenters. The standard InChI is InChI=1S/C22H24N4O6/c1-21(2,3)31-17(27)13-9-7-11-23-15(13)26-19(29)24-16-14(18(28)32-22(4,5)6)10-8-12-25(16)20(26)30/h7-12H,1-6H3. The largest absolute Gasteiger partial charge is 0.456 e. The Morgan fingerprint density at radius 1 is 0.875 bits per heavy atom. The van der Waals surface area contributed by atoms with E-state index in [-0.39, 0.29) is 22.6 Å². The minimum absolute atomic E-state index is 0.0443. The molecule has 0 amide bonds. The number of ether oxygens (including phenoxy) is 2. The van der Waals surface area contributed by atoms with Crippen molar-refractivity contribution < 1.29 is 19.1 Å². The smallest absolute Gasteiger partial charge is 0.359 e. The fraction of sp³-hybridized carbons (Fsp3) is 0.364. The molecule has 32 heavy (non-hydrogen) atoms. The molecule has 0 aliphatic carbocycles. The van der Waals surface area contributed by atoms with Crippen molar-refractivity contribution in [3.8, 4) is 5.82 Å². The SMILES string of the molecule is CC(C)(C)OC(=O)c1cccnc1-n1c(=O)nc2c(C(=O)OC(C)(C)C)cccn2c1=O. The Kier molecular flexibility index (Phi) is 5.73. The molecule has 0 saturated carbocycles. The lowest BCUT2D eigenvalue weighted by Crippen LogP contribution is -2.40. The van der Waals surface area contributed by atoms with Gasteiger partial charge in [-0.25, -0.2) is 24.2 Å². The van der Waals surface area contributed by atoms with Gasteiger partial charge in [-0.2, -0.15) is 9.55 Å². The van der Waals surface area contributed by atoms with Gasteiger partial charge in [-0.15, -0.1) is 0 Å². The molecule has 0 bridgehead atoms. The quantitative estimate of drug-likeness (QED) is 0.568. The number of carbonyl (C=O) groups is 2. The first kappa shape index (κ1) is 22.9. The number of aromatic nitrogens is 4. The molecule has 168 valence electrons. The van der Waals surface area contributed by atoms with Crippen LogP contribution in [0.5, 0.6) is 0 Å². The maximum atomic E-state index is 13.2. The first-order valence-electron chi connectivity index (χ1n) is 9.85. The molecule has 0 radical (unpaired) electrons. The van der Waals surface area contributed by atoms with E-state index in [0.29, 0.717) is 4.57 Å². The van der Waals surface area contributed by atoms with Gasteiger partial charge in [-0.1, -0.05) is 0 Å². The number of hydrogen-bond acceptors (Lipinski definition) is 8. The molecule has 0 N–H and O–H groups in total. The molecule has 0 saturated heterocycles. The number of pyridine rings is 2. The second-order valence-electron chi connectivity index (χ2n) is 9.01. The Morgan fingerprint density at radius 2 is 1.44 bits per heavy atom. The lowest BCUT2D eigenvalue weighted by molar-refractivity contribution is 0.00577. The van der Waals surface area contributed by atoms with E-state index in [9.17, 15) is 19.2 Å². The zero-order valence-corrected chi connectivity index (χ0v) is 18.7. The average Bonchev–Trinajstić information content (AvgIpc) is 2.65. The van der Waals surface area contributed by atoms with Gasteiger partial charge in [0.2, 0.25) is 0 Å². The van der Waals surface area contributed by atoms with Crippen LogP contribution in [0, 0.1) is 0 Å². The summed E-state index contributed by atoms with van der Waals surface area (Å²) in [6.45, 7) is 10.2. The summed E-state index contributed by atoms with van der Waals surface area (Å²) in [5.41, 5.74) is -3.72. The van der Waals surface area contributed by atoms with Crippen molar-refractivity contribution in [1.29, 1.82) is 0 Å². The van der Waals surface area contributed by atoms with Crippen LogP contribution >= 0.6 is 0 Å². The molecular weight excluding hydrogens is 416 g/mol. The maximum Gasteiger partial charge on any atom is 0.359 e. The number of fused-ring (bicyclic) bond motifs is 1. The fourth-order valence-corrected chi connectivity index (χ4v) is 2.84. The Labute approximate surface area is 183 Å². The van der Waals surface area contributed by atoms with E-state index >= 15 is 0 Å². The second kappa shape index (κ2) is 8.03. The summed E-state index contributed by atoms with van der Waals surface area (Å²) in [6.07, 6.45) is 2.69. The van der Waals surface area contributed by atoms with Gasteiger partial charge in [0, 0.05) is 12.4 Å². The Hall–Kier alpha value is -3.82. The number of nitrogens with zero attached hydrogens (tertiary/aromatic N) is 4. The summed E-state index contributed by atoms with van der Waals surface area (Å²) in [5, 5.41) is 0. The summed E-state index contributed by atoms with van der Waals surface area (Å²) < 4.78 is 12.4. The molecule has 3 aromatic heterocycles. The van der Waals surface area contributed by atoms with Crippen LogP contribution in [0.15, 0.2) is 46.2 Å². The number of hydrogen-bond donors (Lipinski definition) is 0. The third kappa shape index (κ3) is 4.74. The maximum absolute atomic E-state index is 13.2. The molecule has 10 heteroatoms. The third-order valence-electron chi connectivity index (χ3n) is 3.99. The van der Waals surface area contributed by atoms with E-state index in [4.69, 9.17) is 9.47 Å². The van der Waals surface area contributed by atoms with E-state index in [2.05, 4.69) is 9.97 Å². The van der Waals surface area contributed by atoms with Crippen LogP contribution in [0.2, 0.25) is 0 Å². The Bertz CT molecular complexity index is 1330. The van der Waals surface area contributed by atoms with E-state index in [0.717, 1.165) is 4.40 Å². The van der Waals surface area contributed by atoms with Gasteiger partial charge in [0.15, 0.2) is 11.5 Å². The van der Waals surface area contributed by atoms with Crippen LogP contribution in [0.4, 0.5) is 0 Å². The van der Waals surface area contributed by atoms with Gasteiger partial charge < -0.3 is 9.47 Å². The highest BCUT2D eigenvalue weighted by Crippen LogP contribution is 2.17. The molecule has 0 aliphatic rings. The summed E-state index contributed by atoms with van der Waals surface area (Å²) in [7, 11) is 0. The van der Waals surface area contributed by atoms with Crippen molar-refractivity contribution in [3.63, 3.8) is 0 Å². The van der Waals surface area contributed by atoms with Crippen molar-refractivity contribution in [3.05, 3.63) is 68.8 Å². The summed E-state index contributed by atoms with van der Waals surface area (Å²) >= 11 is 0. The predicted molar refractivity (Wildman–Crippen MR) is 115 cm³/mol. The lowest BCUT2D eigenvalue weighted by Gasteiger charge is -2.20. The van der Waals surface area contributed by atoms with Crippen LogP contribution in [0.3, 0.4) is 0 Å². The van der Waals surface area contributed by atoms with Gasteiger partial charge >= 0.3 is 23.3 Å². The molecule has 0 aromatic carbocycles. The fourth-order valence-electron chi connectivity index (χ4n) is 2.84. The van der Waals surface area contributed by atoms with E-state index in [1.807, 2.05) is 0 Å². The predicted octanol–water partition coefficient (Wildman–Crippen LogP) is 2.15. The van der Waals surface area contributed by atoms with Crippen LogP contribution in [-0.4, -0.2) is 42.1 Å². The molecule has 0 atom stereocenters. The van der Waals surface area contributed by atoms with Crippen molar-refractivity contribution in [2.75, 3.05) is 0 Å². The van der Waals surface area contributed by atoms with Crippen LogP contribution in [-0.2, 0) is 9.47 Å². The van der Waals surface area contributed by atoms with E-state index in [1.54, 1.807) is 41.5 Å². The molecule has 3 rings (SSSR count). The van der Waals surface area contributed by atoms with Crippen molar-refractivity contribution in [1.82, 2.24) is 18.9 Å². The zero-order valence-electron chi connectivity index (χ0n) is 18.7. The topological polar surface area (TPSA) is 122 Å². The minimum atomic E-state index is -1.01. The van der Waals surface area contributed by atoms with Crippen LogP contribution < -0.4 is 11.4 Å². The molecule has 3 aromatic rings. The first-order valence-corrected chi connectivity index (χ1v) is 9.85. The molecular formula is C22H24N4O6. The Balaban J connectivity index is 2.22. The second-order valence-corrected chi connectivity index (χ2v) is 9.01.